The number of hydrogen-bond donors (Lipinski definition) is 1. The molecule has 130 valence electrons. The number of carbonyl (C=O) groups excluding carboxylic acids is 2. The van der Waals surface area contributed by atoms with Crippen LogP contribution < -0.4 is 4.74 Å². The molecule has 1 saturated heterocycles. The zero-order valence-electron chi connectivity index (χ0n) is 13.6. The largest absolute Gasteiger partial charge is 0.504 e. The number of phenols is 1. The number of hydrogen-bond acceptors (Lipinski definition) is 5. The number of hydrazone groups is 1. The van der Waals surface area contributed by atoms with Gasteiger partial charge in [-0.15, -0.1) is 0 Å². The number of rotatable bonds is 4. The van der Waals surface area contributed by atoms with E-state index >= 15 is 0 Å². The molecule has 2 aliphatic carbocycles. The van der Waals surface area contributed by atoms with Gasteiger partial charge in [-0.2, -0.15) is 10.1 Å². The van der Waals surface area contributed by atoms with Crippen molar-refractivity contribution in [2.24, 2.45) is 28.8 Å². The van der Waals surface area contributed by atoms with Gasteiger partial charge < -0.3 is 9.84 Å². The Kier molecular flexibility index (Phi) is 4.05. The lowest BCUT2D eigenvalue weighted by Crippen LogP contribution is -2.28. The molecule has 1 aliphatic heterocycles. The third kappa shape index (κ3) is 2.56. The van der Waals surface area contributed by atoms with Crippen LogP contribution in [0.1, 0.15) is 18.9 Å². The standard InChI is InChI=1S/C18H17IN2O4/c1-2-25-13-6-9(5-12(19)16(13)22)8-20-21-17(23)14-10-3-4-11(7-10)15(14)18(21)24/h3-6,8,10-11,14-15,22H,2,7H2,1H3/b20-8-/t10-,11+,14-,15-/m0/s1. The molecule has 6 nitrogen and oxygen atoms in total. The Morgan fingerprint density at radius 3 is 2.52 bits per heavy atom. The van der Waals surface area contributed by atoms with Crippen molar-refractivity contribution >= 4 is 40.6 Å². The van der Waals surface area contributed by atoms with Crippen LogP contribution in [0, 0.1) is 27.2 Å². The number of nitrogens with zero attached hydrogens (tertiary/aromatic N) is 2. The fourth-order valence-electron chi connectivity index (χ4n) is 4.06. The van der Waals surface area contributed by atoms with E-state index in [1.807, 2.05) is 29.5 Å². The Labute approximate surface area is 158 Å². The van der Waals surface area contributed by atoms with Gasteiger partial charge in [0, 0.05) is 0 Å². The van der Waals surface area contributed by atoms with Crippen LogP contribution in [-0.4, -0.2) is 34.8 Å². The zero-order chi connectivity index (χ0) is 17.7. The number of phenolic OH excluding ortho intramolecular Hbond substituents is 1. The Balaban J connectivity index is 1.59. The first-order valence-corrected chi connectivity index (χ1v) is 9.34. The van der Waals surface area contributed by atoms with Crippen molar-refractivity contribution in [2.75, 3.05) is 6.61 Å². The molecule has 0 aromatic heterocycles. The molecule has 1 aromatic rings. The number of halogens is 1. The van der Waals surface area contributed by atoms with E-state index in [4.69, 9.17) is 4.74 Å². The molecule has 4 atom stereocenters. The summed E-state index contributed by atoms with van der Waals surface area (Å²) < 4.78 is 6.01. The fraction of sp³-hybridized carbons (Fsp3) is 0.389. The van der Waals surface area contributed by atoms with Crippen LogP contribution in [0.25, 0.3) is 0 Å². The molecule has 3 aliphatic rings. The van der Waals surface area contributed by atoms with Crippen molar-refractivity contribution in [3.63, 3.8) is 0 Å². The molecule has 1 aromatic carbocycles. The lowest BCUT2D eigenvalue weighted by Gasteiger charge is -2.13. The maximum Gasteiger partial charge on any atom is 0.254 e. The van der Waals surface area contributed by atoms with Crippen molar-refractivity contribution < 1.29 is 19.4 Å². The number of aromatic hydroxyl groups is 1. The topological polar surface area (TPSA) is 79.2 Å². The van der Waals surface area contributed by atoms with Crippen LogP contribution in [-0.2, 0) is 9.59 Å². The van der Waals surface area contributed by atoms with Crippen molar-refractivity contribution in [1.29, 1.82) is 0 Å². The quantitative estimate of drug-likeness (QED) is 0.330. The highest BCUT2D eigenvalue weighted by Crippen LogP contribution is 2.52. The average molecular weight is 452 g/mol. The molecule has 1 N–H and O–H groups in total. The van der Waals surface area contributed by atoms with Crippen LogP contribution in [0.5, 0.6) is 11.5 Å². The Hall–Kier alpha value is -1.90. The van der Waals surface area contributed by atoms with Gasteiger partial charge in [0.15, 0.2) is 11.5 Å². The Bertz CT molecular complexity index is 790. The summed E-state index contributed by atoms with van der Waals surface area (Å²) in [6, 6.07) is 3.36. The van der Waals surface area contributed by atoms with Gasteiger partial charge in [-0.05, 0) is 65.5 Å². The minimum atomic E-state index is -0.251. The van der Waals surface area contributed by atoms with Crippen molar-refractivity contribution in [3.05, 3.63) is 33.4 Å². The molecule has 1 heterocycles. The maximum absolute atomic E-state index is 12.6. The summed E-state index contributed by atoms with van der Waals surface area (Å²) in [5.74, 6) is -0.142. The number of benzene rings is 1. The number of imide groups is 1. The van der Waals surface area contributed by atoms with Gasteiger partial charge in [0.25, 0.3) is 11.8 Å². The molecule has 2 fully saturated rings. The molecule has 0 radical (unpaired) electrons. The molecule has 0 unspecified atom stereocenters. The van der Waals surface area contributed by atoms with Crippen molar-refractivity contribution in [3.8, 4) is 11.5 Å². The van der Waals surface area contributed by atoms with Gasteiger partial charge in [-0.1, -0.05) is 12.2 Å². The van der Waals surface area contributed by atoms with E-state index in [0.717, 1.165) is 11.4 Å². The molecule has 2 bridgehead atoms. The molecule has 2 amide bonds. The minimum absolute atomic E-state index is 0.0742. The molecule has 7 heteroatoms. The van der Waals surface area contributed by atoms with E-state index in [-0.39, 0.29) is 41.2 Å². The van der Waals surface area contributed by atoms with E-state index in [1.165, 1.54) is 6.21 Å². The maximum atomic E-state index is 12.6. The third-order valence-electron chi connectivity index (χ3n) is 5.12. The van der Waals surface area contributed by atoms with Crippen molar-refractivity contribution in [2.45, 2.75) is 13.3 Å². The number of fused-ring (bicyclic) bond motifs is 5. The first-order chi connectivity index (χ1) is 12.0. The van der Waals surface area contributed by atoms with Crippen molar-refractivity contribution in [1.82, 2.24) is 5.01 Å². The lowest BCUT2D eigenvalue weighted by atomic mass is 9.85. The number of carbonyl (C=O) groups is 2. The van der Waals surface area contributed by atoms with E-state index in [9.17, 15) is 14.7 Å². The van der Waals surface area contributed by atoms with Gasteiger partial charge in [-0.3, -0.25) is 9.59 Å². The van der Waals surface area contributed by atoms with Crippen LogP contribution in [0.15, 0.2) is 29.4 Å². The second-order valence-corrected chi connectivity index (χ2v) is 7.68. The summed E-state index contributed by atoms with van der Waals surface area (Å²) in [6.07, 6.45) is 6.48. The average Bonchev–Trinajstić information content (AvgIpc) is 3.25. The third-order valence-corrected chi connectivity index (χ3v) is 5.94. The highest BCUT2D eigenvalue weighted by molar-refractivity contribution is 14.1. The van der Waals surface area contributed by atoms with Gasteiger partial charge in [0.2, 0.25) is 0 Å². The van der Waals surface area contributed by atoms with E-state index in [2.05, 4.69) is 17.3 Å². The van der Waals surface area contributed by atoms with E-state index < -0.39 is 0 Å². The summed E-state index contributed by atoms with van der Waals surface area (Å²) in [7, 11) is 0. The number of amides is 2. The molecular formula is C18H17IN2O4. The Morgan fingerprint density at radius 1 is 1.28 bits per heavy atom. The van der Waals surface area contributed by atoms with Gasteiger partial charge in [0.1, 0.15) is 0 Å². The highest BCUT2D eigenvalue weighted by Gasteiger charge is 2.59. The fourth-order valence-corrected chi connectivity index (χ4v) is 4.68. The van der Waals surface area contributed by atoms with Crippen LogP contribution >= 0.6 is 22.6 Å². The summed E-state index contributed by atoms with van der Waals surface area (Å²) in [6.45, 7) is 2.25. The summed E-state index contributed by atoms with van der Waals surface area (Å²) in [4.78, 5) is 25.2. The molecule has 4 rings (SSSR count). The second-order valence-electron chi connectivity index (χ2n) is 6.52. The van der Waals surface area contributed by atoms with E-state index in [0.29, 0.717) is 21.5 Å². The van der Waals surface area contributed by atoms with Gasteiger partial charge in [0.05, 0.1) is 28.2 Å². The van der Waals surface area contributed by atoms with E-state index in [1.54, 1.807) is 12.1 Å². The number of ether oxygens (including phenoxy) is 1. The zero-order valence-corrected chi connectivity index (χ0v) is 15.7. The van der Waals surface area contributed by atoms with Crippen LogP contribution in [0.3, 0.4) is 0 Å². The Morgan fingerprint density at radius 2 is 1.92 bits per heavy atom. The highest BCUT2D eigenvalue weighted by atomic mass is 127. The summed E-state index contributed by atoms with van der Waals surface area (Å²) in [5, 5.41) is 15.2. The minimum Gasteiger partial charge on any atom is -0.504 e. The number of allylic oxidation sites excluding steroid dienone is 2. The predicted octanol–water partition coefficient (Wildman–Crippen LogP) is 2.54. The first kappa shape index (κ1) is 16.6. The van der Waals surface area contributed by atoms with Crippen LogP contribution in [0.4, 0.5) is 0 Å². The summed E-state index contributed by atoms with van der Waals surface area (Å²) in [5.41, 5.74) is 0.657. The molecular weight excluding hydrogens is 435 g/mol. The predicted molar refractivity (Wildman–Crippen MR) is 99.2 cm³/mol. The molecule has 0 spiro atoms. The second kappa shape index (κ2) is 6.12. The first-order valence-electron chi connectivity index (χ1n) is 8.26. The van der Waals surface area contributed by atoms with Gasteiger partial charge >= 0.3 is 0 Å². The molecule has 1 saturated carbocycles. The van der Waals surface area contributed by atoms with Crippen LogP contribution in [0.2, 0.25) is 0 Å². The monoisotopic (exact) mass is 452 g/mol. The lowest BCUT2D eigenvalue weighted by molar-refractivity contribution is -0.140. The smallest absolute Gasteiger partial charge is 0.254 e. The molecule has 25 heavy (non-hydrogen) atoms. The summed E-state index contributed by atoms with van der Waals surface area (Å²) >= 11 is 2.00. The SMILES string of the molecule is CCOc1cc(/C=N\N2C(=O)[C@@H]3[C@@H](C2=O)[C@H]2C=C[C@@H]3C2)cc(I)c1O. The van der Waals surface area contributed by atoms with Gasteiger partial charge in [-0.25, -0.2) is 0 Å². The normalized spacial score (nSPS) is 29.9.